The smallest absolute Gasteiger partial charge is 0.409 e. The number of pyridine rings is 1. The minimum Gasteiger partial charge on any atom is -0.450 e. The van der Waals surface area contributed by atoms with Crippen LogP contribution < -0.4 is 0 Å². The fraction of sp³-hybridized carbons (Fsp3) is 0.400. The molecule has 2 heterocycles. The zero-order valence-electron chi connectivity index (χ0n) is 12.1. The van der Waals surface area contributed by atoms with Gasteiger partial charge in [-0.1, -0.05) is 6.07 Å². The van der Waals surface area contributed by atoms with Crippen LogP contribution in [0.2, 0.25) is 0 Å². The molecule has 1 fully saturated rings. The number of rotatable bonds is 3. The Morgan fingerprint density at radius 3 is 2.62 bits per heavy atom. The predicted molar refractivity (Wildman–Crippen MR) is 78.4 cm³/mol. The largest absolute Gasteiger partial charge is 0.450 e. The lowest BCUT2D eigenvalue weighted by atomic mass is 10.2. The maximum absolute atomic E-state index is 12.1. The molecular weight excluding hydrogens is 270 g/mol. The molecule has 21 heavy (non-hydrogen) atoms. The van der Waals surface area contributed by atoms with Gasteiger partial charge in [0.2, 0.25) is 5.91 Å². The Morgan fingerprint density at radius 1 is 1.29 bits per heavy atom. The highest BCUT2D eigenvalue weighted by molar-refractivity contribution is 5.91. The van der Waals surface area contributed by atoms with Crippen molar-refractivity contribution in [1.29, 1.82) is 0 Å². The summed E-state index contributed by atoms with van der Waals surface area (Å²) in [6.45, 7) is 4.20. The number of aromatic nitrogens is 1. The van der Waals surface area contributed by atoms with E-state index in [4.69, 9.17) is 4.74 Å². The van der Waals surface area contributed by atoms with Crippen molar-refractivity contribution in [2.45, 2.75) is 6.92 Å². The van der Waals surface area contributed by atoms with Gasteiger partial charge in [-0.25, -0.2) is 4.79 Å². The molecule has 0 bridgehead atoms. The third-order valence-electron chi connectivity index (χ3n) is 3.22. The molecule has 2 rings (SSSR count). The van der Waals surface area contributed by atoms with Crippen LogP contribution in [0.15, 0.2) is 30.6 Å². The normalized spacial score (nSPS) is 15.3. The van der Waals surface area contributed by atoms with Crippen molar-refractivity contribution in [1.82, 2.24) is 14.8 Å². The number of ether oxygens (including phenoxy) is 1. The summed E-state index contributed by atoms with van der Waals surface area (Å²) in [4.78, 5) is 31.0. The van der Waals surface area contributed by atoms with E-state index >= 15 is 0 Å². The molecule has 2 amide bonds. The van der Waals surface area contributed by atoms with Gasteiger partial charge in [-0.05, 0) is 24.6 Å². The quantitative estimate of drug-likeness (QED) is 0.789. The van der Waals surface area contributed by atoms with Crippen LogP contribution in [-0.4, -0.2) is 59.6 Å². The summed E-state index contributed by atoms with van der Waals surface area (Å²) >= 11 is 0. The Kier molecular flexibility index (Phi) is 5.31. The minimum absolute atomic E-state index is 0.0534. The first-order valence-electron chi connectivity index (χ1n) is 6.99. The molecule has 0 aliphatic carbocycles. The molecule has 6 nitrogen and oxygen atoms in total. The van der Waals surface area contributed by atoms with Gasteiger partial charge in [0.15, 0.2) is 0 Å². The molecule has 0 aromatic carbocycles. The summed E-state index contributed by atoms with van der Waals surface area (Å²) in [5.41, 5.74) is 0.885. The molecule has 0 atom stereocenters. The van der Waals surface area contributed by atoms with Gasteiger partial charge >= 0.3 is 6.09 Å². The lowest BCUT2D eigenvalue weighted by Crippen LogP contribution is -2.50. The van der Waals surface area contributed by atoms with E-state index in [1.54, 1.807) is 35.2 Å². The highest BCUT2D eigenvalue weighted by atomic mass is 16.6. The van der Waals surface area contributed by atoms with E-state index in [0.29, 0.717) is 32.8 Å². The Labute approximate surface area is 124 Å². The standard InChI is InChI=1S/C15H19N3O3/c1-2-21-15(20)18-10-8-17(9-11-18)14(19)6-5-13-4-3-7-16-12-13/h3-7,12H,2,8-11H2,1H3/b6-5+. The predicted octanol–water partition coefficient (Wildman–Crippen LogP) is 1.40. The van der Waals surface area contributed by atoms with Gasteiger partial charge < -0.3 is 14.5 Å². The first-order valence-corrected chi connectivity index (χ1v) is 6.99. The van der Waals surface area contributed by atoms with Crippen LogP contribution in [0, 0.1) is 0 Å². The molecule has 1 aliphatic heterocycles. The van der Waals surface area contributed by atoms with E-state index in [-0.39, 0.29) is 12.0 Å². The van der Waals surface area contributed by atoms with Gasteiger partial charge in [0.05, 0.1) is 6.61 Å². The lowest BCUT2D eigenvalue weighted by molar-refractivity contribution is -0.127. The number of carbonyl (C=O) groups is 2. The van der Waals surface area contributed by atoms with E-state index in [9.17, 15) is 9.59 Å². The number of nitrogens with zero attached hydrogens (tertiary/aromatic N) is 3. The molecule has 1 saturated heterocycles. The van der Waals surface area contributed by atoms with Crippen LogP contribution in [0.5, 0.6) is 0 Å². The van der Waals surface area contributed by atoms with E-state index < -0.39 is 0 Å². The van der Waals surface area contributed by atoms with Crippen molar-refractivity contribution in [3.05, 3.63) is 36.2 Å². The summed E-state index contributed by atoms with van der Waals surface area (Å²) in [5, 5.41) is 0. The Bertz CT molecular complexity index is 508. The number of carbonyl (C=O) groups excluding carboxylic acids is 2. The summed E-state index contributed by atoms with van der Waals surface area (Å²) in [7, 11) is 0. The van der Waals surface area contributed by atoms with Crippen molar-refractivity contribution in [2.24, 2.45) is 0 Å². The SMILES string of the molecule is CCOC(=O)N1CCN(C(=O)/C=C/c2cccnc2)CC1. The average molecular weight is 289 g/mol. The minimum atomic E-state index is -0.310. The molecule has 0 radical (unpaired) electrons. The number of piperazine rings is 1. The first-order chi connectivity index (χ1) is 10.2. The van der Waals surface area contributed by atoms with Crippen LogP contribution in [0.25, 0.3) is 6.08 Å². The fourth-order valence-corrected chi connectivity index (χ4v) is 2.07. The van der Waals surface area contributed by atoms with Crippen LogP contribution >= 0.6 is 0 Å². The summed E-state index contributed by atoms with van der Waals surface area (Å²) < 4.78 is 4.95. The van der Waals surface area contributed by atoms with E-state index in [2.05, 4.69) is 4.98 Å². The average Bonchev–Trinajstić information content (AvgIpc) is 2.54. The first kappa shape index (κ1) is 15.0. The fourth-order valence-electron chi connectivity index (χ4n) is 2.07. The number of hydrogen-bond acceptors (Lipinski definition) is 4. The van der Waals surface area contributed by atoms with Crippen LogP contribution in [0.4, 0.5) is 4.79 Å². The van der Waals surface area contributed by atoms with Gasteiger partial charge in [0, 0.05) is 44.6 Å². The molecule has 0 N–H and O–H groups in total. The van der Waals surface area contributed by atoms with Crippen LogP contribution in [0.1, 0.15) is 12.5 Å². The lowest BCUT2D eigenvalue weighted by Gasteiger charge is -2.33. The van der Waals surface area contributed by atoms with Crippen LogP contribution in [0.3, 0.4) is 0 Å². The summed E-state index contributed by atoms with van der Waals surface area (Å²) in [6, 6.07) is 3.71. The Morgan fingerprint density at radius 2 is 2.00 bits per heavy atom. The summed E-state index contributed by atoms with van der Waals surface area (Å²) in [6.07, 6.45) is 6.36. The van der Waals surface area contributed by atoms with Gasteiger partial charge in [-0.2, -0.15) is 0 Å². The molecule has 0 saturated carbocycles. The van der Waals surface area contributed by atoms with E-state index in [1.165, 1.54) is 6.08 Å². The summed E-state index contributed by atoms with van der Waals surface area (Å²) in [5.74, 6) is -0.0534. The second kappa shape index (κ2) is 7.42. The zero-order valence-corrected chi connectivity index (χ0v) is 12.1. The highest BCUT2D eigenvalue weighted by Crippen LogP contribution is 2.06. The maximum atomic E-state index is 12.1. The molecular formula is C15H19N3O3. The highest BCUT2D eigenvalue weighted by Gasteiger charge is 2.23. The zero-order chi connectivity index (χ0) is 15.1. The van der Waals surface area contributed by atoms with Crippen molar-refractivity contribution in [3.63, 3.8) is 0 Å². The van der Waals surface area contributed by atoms with E-state index in [0.717, 1.165) is 5.56 Å². The molecule has 6 heteroatoms. The molecule has 112 valence electrons. The molecule has 0 spiro atoms. The number of amides is 2. The van der Waals surface area contributed by atoms with Gasteiger partial charge in [-0.15, -0.1) is 0 Å². The topological polar surface area (TPSA) is 62.7 Å². The second-order valence-electron chi connectivity index (χ2n) is 4.63. The monoisotopic (exact) mass is 289 g/mol. The molecule has 1 aromatic rings. The van der Waals surface area contributed by atoms with Gasteiger partial charge in [0.25, 0.3) is 0 Å². The molecule has 1 aliphatic rings. The van der Waals surface area contributed by atoms with Crippen molar-refractivity contribution in [3.8, 4) is 0 Å². The third kappa shape index (κ3) is 4.30. The Hall–Kier alpha value is -2.37. The van der Waals surface area contributed by atoms with Crippen molar-refractivity contribution in [2.75, 3.05) is 32.8 Å². The third-order valence-corrected chi connectivity index (χ3v) is 3.22. The molecule has 0 unspecified atom stereocenters. The van der Waals surface area contributed by atoms with Gasteiger partial charge in [0.1, 0.15) is 0 Å². The van der Waals surface area contributed by atoms with Crippen molar-refractivity contribution < 1.29 is 14.3 Å². The Balaban J connectivity index is 1.83. The maximum Gasteiger partial charge on any atom is 0.409 e. The molecule has 1 aromatic heterocycles. The second-order valence-corrected chi connectivity index (χ2v) is 4.63. The van der Waals surface area contributed by atoms with Gasteiger partial charge in [-0.3, -0.25) is 9.78 Å². The van der Waals surface area contributed by atoms with Crippen LogP contribution in [-0.2, 0) is 9.53 Å². The number of hydrogen-bond donors (Lipinski definition) is 0. The van der Waals surface area contributed by atoms with Crippen molar-refractivity contribution >= 4 is 18.1 Å². The van der Waals surface area contributed by atoms with E-state index in [1.807, 2.05) is 12.1 Å².